The summed E-state index contributed by atoms with van der Waals surface area (Å²) in [5, 5.41) is 2.90. The van der Waals surface area contributed by atoms with Crippen LogP contribution in [0.3, 0.4) is 0 Å². The molecule has 2 aliphatic rings. The van der Waals surface area contributed by atoms with Gasteiger partial charge in [0.05, 0.1) is 38.3 Å². The number of imidazole rings is 1. The van der Waals surface area contributed by atoms with Crippen LogP contribution in [0.1, 0.15) is 55.6 Å². The fourth-order valence-electron chi connectivity index (χ4n) is 4.62. The Labute approximate surface area is 226 Å². The van der Waals surface area contributed by atoms with Gasteiger partial charge < -0.3 is 24.3 Å². The first-order chi connectivity index (χ1) is 18.7. The molecule has 1 saturated heterocycles. The van der Waals surface area contributed by atoms with E-state index in [1.54, 1.807) is 23.2 Å². The van der Waals surface area contributed by atoms with Crippen LogP contribution in [0.25, 0.3) is 16.9 Å². The smallest absolute Gasteiger partial charge is 0.410 e. The fourth-order valence-corrected chi connectivity index (χ4v) is 4.62. The van der Waals surface area contributed by atoms with Crippen molar-refractivity contribution in [2.45, 2.75) is 51.3 Å². The van der Waals surface area contributed by atoms with E-state index in [0.717, 1.165) is 18.4 Å². The second-order valence-corrected chi connectivity index (χ2v) is 10.6. The summed E-state index contributed by atoms with van der Waals surface area (Å²) in [4.78, 5) is 32.0. The molecule has 1 saturated carbocycles. The van der Waals surface area contributed by atoms with Crippen LogP contribution < -0.4 is 14.8 Å². The molecule has 5 rings (SSSR count). The van der Waals surface area contributed by atoms with Crippen LogP contribution in [0.4, 0.5) is 9.18 Å². The average Bonchev–Trinajstić information content (AvgIpc) is 3.61. The number of hydrogen-bond donors (Lipinski definition) is 1. The summed E-state index contributed by atoms with van der Waals surface area (Å²) in [6, 6.07) is 6.92. The molecule has 1 N–H and O–H groups in total. The van der Waals surface area contributed by atoms with Gasteiger partial charge in [0.15, 0.2) is 0 Å². The minimum atomic E-state index is -1.09. The number of nitrogens with one attached hydrogen (secondary N) is 1. The van der Waals surface area contributed by atoms with Crippen LogP contribution >= 0.6 is 0 Å². The lowest BCUT2D eigenvalue weighted by Crippen LogP contribution is -2.45. The first-order valence-corrected chi connectivity index (χ1v) is 12.9. The Morgan fingerprint density at radius 2 is 1.97 bits per heavy atom. The first-order valence-electron chi connectivity index (χ1n) is 12.9. The van der Waals surface area contributed by atoms with Gasteiger partial charge in [-0.1, -0.05) is 0 Å². The Morgan fingerprint density at radius 3 is 2.67 bits per heavy atom. The number of benzene rings is 1. The van der Waals surface area contributed by atoms with Crippen LogP contribution in [-0.4, -0.2) is 71.7 Å². The number of fused-ring (bicyclic) bond motifs is 1. The maximum Gasteiger partial charge on any atom is 0.410 e. The Hall–Kier alpha value is -3.86. The van der Waals surface area contributed by atoms with Gasteiger partial charge in [-0.25, -0.2) is 14.2 Å². The third kappa shape index (κ3) is 5.78. The number of carbonyl (C=O) groups is 2. The van der Waals surface area contributed by atoms with Gasteiger partial charge in [-0.05, 0) is 63.4 Å². The molecule has 2 aromatic heterocycles. The highest BCUT2D eigenvalue weighted by Gasteiger charge is 2.33. The lowest BCUT2D eigenvalue weighted by molar-refractivity contribution is -0.0331. The lowest BCUT2D eigenvalue weighted by Gasteiger charge is -2.36. The number of ether oxygens (including phenoxy) is 4. The predicted octanol–water partition coefficient (Wildman–Crippen LogP) is 4.52. The van der Waals surface area contributed by atoms with E-state index in [-0.39, 0.29) is 35.1 Å². The van der Waals surface area contributed by atoms with Crippen molar-refractivity contribution in [3.05, 3.63) is 47.8 Å². The topological polar surface area (TPSA) is 104 Å². The van der Waals surface area contributed by atoms with Gasteiger partial charge in [0.2, 0.25) is 6.86 Å². The molecule has 11 heteroatoms. The summed E-state index contributed by atoms with van der Waals surface area (Å²) >= 11 is 0. The molecule has 1 atom stereocenters. The Balaban J connectivity index is 1.48. The number of nitrogens with zero attached hydrogens (tertiary/aromatic N) is 3. The number of halogens is 1. The highest BCUT2D eigenvalue weighted by atomic mass is 19.1. The summed E-state index contributed by atoms with van der Waals surface area (Å²) in [5.74, 6) is -0.00618. The highest BCUT2D eigenvalue weighted by molar-refractivity contribution is 6.01. The van der Waals surface area contributed by atoms with Gasteiger partial charge in [-0.15, -0.1) is 0 Å². The van der Waals surface area contributed by atoms with Gasteiger partial charge in [0.25, 0.3) is 5.91 Å². The van der Waals surface area contributed by atoms with Crippen LogP contribution in [-0.2, 0) is 9.47 Å². The summed E-state index contributed by atoms with van der Waals surface area (Å²) < 4.78 is 37.2. The van der Waals surface area contributed by atoms with E-state index in [9.17, 15) is 14.0 Å². The molecule has 3 heterocycles. The van der Waals surface area contributed by atoms with E-state index in [2.05, 4.69) is 10.3 Å². The third-order valence-electron chi connectivity index (χ3n) is 6.61. The van der Waals surface area contributed by atoms with Crippen molar-refractivity contribution >= 4 is 17.6 Å². The van der Waals surface area contributed by atoms with Crippen molar-refractivity contribution in [3.63, 3.8) is 0 Å². The van der Waals surface area contributed by atoms with Crippen molar-refractivity contribution in [1.82, 2.24) is 19.6 Å². The van der Waals surface area contributed by atoms with E-state index in [0.29, 0.717) is 36.7 Å². The predicted molar refractivity (Wildman–Crippen MR) is 141 cm³/mol. The molecule has 0 radical (unpaired) electrons. The zero-order chi connectivity index (χ0) is 27.7. The minimum Gasteiger partial charge on any atom is -0.496 e. The molecule has 10 nitrogen and oxygen atoms in total. The number of amides is 2. The number of morpholine rings is 1. The Morgan fingerprint density at radius 1 is 1.21 bits per heavy atom. The maximum absolute atomic E-state index is 13.3. The molecule has 0 spiro atoms. The molecular formula is C28H33FN4O6. The zero-order valence-corrected chi connectivity index (χ0v) is 22.5. The molecule has 0 bridgehead atoms. The fraction of sp³-hybridized carbons (Fsp3) is 0.464. The van der Waals surface area contributed by atoms with Crippen molar-refractivity contribution in [2.24, 2.45) is 0 Å². The normalized spacial score (nSPS) is 17.7. The highest BCUT2D eigenvalue weighted by Crippen LogP contribution is 2.37. The Bertz CT molecular complexity index is 1380. The molecule has 1 aliphatic heterocycles. The van der Waals surface area contributed by atoms with Gasteiger partial charge in [-0.3, -0.25) is 14.1 Å². The molecule has 2 fully saturated rings. The molecular weight excluding hydrogens is 507 g/mol. The maximum atomic E-state index is 13.3. The average molecular weight is 541 g/mol. The summed E-state index contributed by atoms with van der Waals surface area (Å²) in [6.07, 6.45) is 4.97. The minimum absolute atomic E-state index is 0.0870. The lowest BCUT2D eigenvalue weighted by atomic mass is 10.0. The summed E-state index contributed by atoms with van der Waals surface area (Å²) in [5.41, 5.74) is 2.37. The van der Waals surface area contributed by atoms with Gasteiger partial charge in [0, 0.05) is 24.3 Å². The van der Waals surface area contributed by atoms with E-state index < -0.39 is 18.6 Å². The first kappa shape index (κ1) is 26.7. The SMILES string of the molecule is COc1cc(-c2cnc3cc(C4COCCN4C(=O)OC(C)(C)C)ccn23)cc(OCF)c1C(=O)NC1CC1. The van der Waals surface area contributed by atoms with Crippen LogP contribution in [0.5, 0.6) is 11.5 Å². The second kappa shape index (κ2) is 10.7. The molecule has 208 valence electrons. The number of methoxy groups -OCH3 is 1. The summed E-state index contributed by atoms with van der Waals surface area (Å²) in [6.45, 7) is 5.61. The van der Waals surface area contributed by atoms with Crippen LogP contribution in [0, 0.1) is 0 Å². The second-order valence-electron chi connectivity index (χ2n) is 10.6. The van der Waals surface area contributed by atoms with Crippen molar-refractivity contribution in [2.75, 3.05) is 33.7 Å². The van der Waals surface area contributed by atoms with Crippen molar-refractivity contribution in [3.8, 4) is 22.8 Å². The monoisotopic (exact) mass is 540 g/mol. The molecule has 2 amide bonds. The summed E-state index contributed by atoms with van der Waals surface area (Å²) in [7, 11) is 1.45. The molecule has 1 unspecified atom stereocenters. The quantitative estimate of drug-likeness (QED) is 0.470. The molecule has 3 aromatic rings. The van der Waals surface area contributed by atoms with E-state index >= 15 is 0 Å². The number of hydrogen-bond acceptors (Lipinski definition) is 7. The van der Waals surface area contributed by atoms with Crippen LogP contribution in [0.2, 0.25) is 0 Å². The number of carbonyl (C=O) groups excluding carboxylic acids is 2. The number of pyridine rings is 1. The number of alkyl halides is 1. The largest absolute Gasteiger partial charge is 0.496 e. The van der Waals surface area contributed by atoms with Crippen LogP contribution in [0.15, 0.2) is 36.7 Å². The van der Waals surface area contributed by atoms with Gasteiger partial charge >= 0.3 is 6.09 Å². The number of aromatic nitrogens is 2. The third-order valence-corrected chi connectivity index (χ3v) is 6.61. The van der Waals surface area contributed by atoms with Crippen molar-refractivity contribution in [1.29, 1.82) is 0 Å². The molecule has 1 aliphatic carbocycles. The van der Waals surface area contributed by atoms with E-state index in [1.807, 2.05) is 43.5 Å². The Kier molecular flexibility index (Phi) is 7.35. The molecule has 1 aromatic carbocycles. The van der Waals surface area contributed by atoms with E-state index in [1.165, 1.54) is 7.11 Å². The van der Waals surface area contributed by atoms with E-state index in [4.69, 9.17) is 18.9 Å². The number of rotatable bonds is 7. The molecule has 39 heavy (non-hydrogen) atoms. The van der Waals surface area contributed by atoms with Crippen molar-refractivity contribution < 1.29 is 32.9 Å². The van der Waals surface area contributed by atoms with Gasteiger partial charge in [-0.2, -0.15) is 0 Å². The zero-order valence-electron chi connectivity index (χ0n) is 22.5. The van der Waals surface area contributed by atoms with Gasteiger partial charge in [0.1, 0.15) is 28.3 Å². The standard InChI is InChI=1S/C28H33FN4O6/c1-28(2,3)39-27(35)33-9-10-37-15-21(33)17-7-8-32-20(14-30-24(32)13-17)18-11-22(36-4)25(23(12-18)38-16-29)26(34)31-19-5-6-19/h7-8,11-14,19,21H,5-6,9-10,15-16H2,1-4H3,(H,31,34).